The van der Waals surface area contributed by atoms with Crippen molar-refractivity contribution in [2.24, 2.45) is 0 Å². The van der Waals surface area contributed by atoms with Crippen LogP contribution in [0.25, 0.3) is 17.1 Å². The maximum absolute atomic E-state index is 11.6. The third-order valence-corrected chi connectivity index (χ3v) is 3.33. The first kappa shape index (κ1) is 14.9. The number of nitrogens with zero attached hydrogens (tertiary/aromatic N) is 4. The van der Waals surface area contributed by atoms with Gasteiger partial charge >= 0.3 is 5.97 Å². The van der Waals surface area contributed by atoms with Crippen molar-refractivity contribution in [2.45, 2.75) is 13.8 Å². The lowest BCUT2D eigenvalue weighted by Gasteiger charge is -2.02. The summed E-state index contributed by atoms with van der Waals surface area (Å²) in [6.07, 6.45) is 3.28. The van der Waals surface area contributed by atoms with Crippen LogP contribution in [0.2, 0.25) is 0 Å². The van der Waals surface area contributed by atoms with Gasteiger partial charge in [0.25, 0.3) is 0 Å². The quantitative estimate of drug-likeness (QED) is 0.693. The highest BCUT2D eigenvalue weighted by molar-refractivity contribution is 5.89. The molecule has 2 heterocycles. The van der Waals surface area contributed by atoms with Gasteiger partial charge in [0.1, 0.15) is 5.69 Å². The summed E-state index contributed by atoms with van der Waals surface area (Å²) in [5, 5.41) is 8.24. The summed E-state index contributed by atoms with van der Waals surface area (Å²) in [5.41, 5.74) is 3.36. The molecule has 1 aromatic carbocycles. The van der Waals surface area contributed by atoms with Crippen molar-refractivity contribution in [3.05, 3.63) is 59.9 Å². The Labute approximate surface area is 133 Å². The van der Waals surface area contributed by atoms with Crippen molar-refractivity contribution in [2.75, 3.05) is 6.61 Å². The SMILES string of the molecule is CCOC(=O)c1ccc(-n2cc(-c3ccc(C)cc3)nn2)nc1. The second-order valence-electron chi connectivity index (χ2n) is 5.04. The summed E-state index contributed by atoms with van der Waals surface area (Å²) in [6, 6.07) is 11.4. The Bertz CT molecular complexity index is 807. The molecule has 0 amide bonds. The van der Waals surface area contributed by atoms with Crippen LogP contribution in [-0.4, -0.2) is 32.6 Å². The number of benzene rings is 1. The average molecular weight is 308 g/mol. The molecule has 0 fully saturated rings. The van der Waals surface area contributed by atoms with Crippen LogP contribution >= 0.6 is 0 Å². The van der Waals surface area contributed by atoms with Crippen LogP contribution in [0.5, 0.6) is 0 Å². The Morgan fingerprint density at radius 2 is 1.96 bits per heavy atom. The standard InChI is InChI=1S/C17H16N4O2/c1-3-23-17(22)14-8-9-16(18-10-14)21-11-15(19-20-21)13-6-4-12(2)5-7-13/h4-11H,3H2,1-2H3. The van der Waals surface area contributed by atoms with Crippen LogP contribution in [0.1, 0.15) is 22.8 Å². The lowest BCUT2D eigenvalue weighted by atomic mass is 10.1. The third kappa shape index (κ3) is 3.26. The fraction of sp³-hybridized carbons (Fsp3) is 0.176. The van der Waals surface area contributed by atoms with Crippen LogP contribution in [0.4, 0.5) is 0 Å². The normalized spacial score (nSPS) is 10.5. The molecule has 0 atom stereocenters. The number of carbonyl (C=O) groups excluding carboxylic acids is 1. The molecule has 2 aromatic heterocycles. The number of rotatable bonds is 4. The Balaban J connectivity index is 1.83. The van der Waals surface area contributed by atoms with Crippen molar-refractivity contribution in [3.63, 3.8) is 0 Å². The molecule has 0 unspecified atom stereocenters. The highest BCUT2D eigenvalue weighted by atomic mass is 16.5. The largest absolute Gasteiger partial charge is 0.462 e. The minimum atomic E-state index is -0.384. The highest BCUT2D eigenvalue weighted by Gasteiger charge is 2.09. The molecule has 3 rings (SSSR count). The second kappa shape index (κ2) is 6.39. The molecular weight excluding hydrogens is 292 g/mol. The van der Waals surface area contributed by atoms with Gasteiger partial charge in [0, 0.05) is 11.8 Å². The van der Waals surface area contributed by atoms with Gasteiger partial charge in [-0.2, -0.15) is 0 Å². The van der Waals surface area contributed by atoms with E-state index in [2.05, 4.69) is 15.3 Å². The lowest BCUT2D eigenvalue weighted by molar-refractivity contribution is 0.0526. The van der Waals surface area contributed by atoms with Gasteiger partial charge in [0.2, 0.25) is 0 Å². The van der Waals surface area contributed by atoms with Crippen LogP contribution < -0.4 is 0 Å². The van der Waals surface area contributed by atoms with Crippen molar-refractivity contribution in [3.8, 4) is 17.1 Å². The molecule has 0 saturated carbocycles. The number of aryl methyl sites for hydroxylation is 1. The summed E-state index contributed by atoms with van der Waals surface area (Å²) in [7, 11) is 0. The topological polar surface area (TPSA) is 69.9 Å². The Morgan fingerprint density at radius 3 is 2.61 bits per heavy atom. The fourth-order valence-corrected chi connectivity index (χ4v) is 2.09. The summed E-state index contributed by atoms with van der Waals surface area (Å²) < 4.78 is 6.50. The molecule has 23 heavy (non-hydrogen) atoms. The van der Waals surface area contributed by atoms with E-state index in [1.54, 1.807) is 29.9 Å². The zero-order chi connectivity index (χ0) is 16.2. The molecule has 6 nitrogen and oxygen atoms in total. The predicted octanol–water partition coefficient (Wildman–Crippen LogP) is 2.81. The van der Waals surface area contributed by atoms with E-state index in [4.69, 9.17) is 4.74 Å². The smallest absolute Gasteiger partial charge is 0.339 e. The first-order valence-electron chi connectivity index (χ1n) is 7.30. The van der Waals surface area contributed by atoms with Crippen molar-refractivity contribution in [1.29, 1.82) is 0 Å². The summed E-state index contributed by atoms with van der Waals surface area (Å²) in [5.74, 6) is 0.203. The zero-order valence-electron chi connectivity index (χ0n) is 12.9. The molecule has 0 radical (unpaired) electrons. The molecule has 0 N–H and O–H groups in total. The van der Waals surface area contributed by atoms with E-state index in [-0.39, 0.29) is 5.97 Å². The van der Waals surface area contributed by atoms with Gasteiger partial charge < -0.3 is 4.74 Å². The minimum absolute atomic E-state index is 0.337. The van der Waals surface area contributed by atoms with Gasteiger partial charge in [0.05, 0.1) is 18.4 Å². The first-order valence-corrected chi connectivity index (χ1v) is 7.30. The van der Waals surface area contributed by atoms with Crippen molar-refractivity contribution >= 4 is 5.97 Å². The Morgan fingerprint density at radius 1 is 1.17 bits per heavy atom. The van der Waals surface area contributed by atoms with E-state index in [0.717, 1.165) is 11.3 Å². The minimum Gasteiger partial charge on any atom is -0.462 e. The molecule has 3 aromatic rings. The number of hydrogen-bond acceptors (Lipinski definition) is 5. The Kier molecular flexibility index (Phi) is 4.14. The second-order valence-corrected chi connectivity index (χ2v) is 5.04. The highest BCUT2D eigenvalue weighted by Crippen LogP contribution is 2.17. The molecule has 116 valence electrons. The van der Waals surface area contributed by atoms with Crippen molar-refractivity contribution in [1.82, 2.24) is 20.0 Å². The summed E-state index contributed by atoms with van der Waals surface area (Å²) in [6.45, 7) is 4.14. The van der Waals surface area contributed by atoms with E-state index in [0.29, 0.717) is 18.0 Å². The number of aromatic nitrogens is 4. The van der Waals surface area contributed by atoms with Crippen molar-refractivity contribution < 1.29 is 9.53 Å². The molecule has 6 heteroatoms. The predicted molar refractivity (Wildman–Crippen MR) is 85.3 cm³/mol. The van der Waals surface area contributed by atoms with Crippen LogP contribution in [-0.2, 0) is 4.74 Å². The van der Waals surface area contributed by atoms with E-state index < -0.39 is 0 Å². The summed E-state index contributed by atoms with van der Waals surface area (Å²) in [4.78, 5) is 15.8. The third-order valence-electron chi connectivity index (χ3n) is 3.33. The van der Waals surface area contributed by atoms with Gasteiger partial charge in [-0.1, -0.05) is 35.0 Å². The van der Waals surface area contributed by atoms with E-state index in [1.807, 2.05) is 31.2 Å². The molecule has 0 aliphatic heterocycles. The fourth-order valence-electron chi connectivity index (χ4n) is 2.09. The first-order chi connectivity index (χ1) is 11.2. The number of ether oxygens (including phenoxy) is 1. The van der Waals surface area contributed by atoms with E-state index in [1.165, 1.54) is 11.8 Å². The lowest BCUT2D eigenvalue weighted by Crippen LogP contribution is -2.06. The molecule has 0 aliphatic rings. The summed E-state index contributed by atoms with van der Waals surface area (Å²) >= 11 is 0. The van der Waals surface area contributed by atoms with Gasteiger partial charge in [-0.05, 0) is 26.0 Å². The number of carbonyl (C=O) groups is 1. The number of pyridine rings is 1. The van der Waals surface area contributed by atoms with E-state index >= 15 is 0 Å². The van der Waals surface area contributed by atoms with Gasteiger partial charge in [0.15, 0.2) is 5.82 Å². The average Bonchev–Trinajstić information content (AvgIpc) is 3.06. The number of esters is 1. The Hall–Kier alpha value is -3.02. The molecule has 0 spiro atoms. The molecule has 0 bridgehead atoms. The van der Waals surface area contributed by atoms with Crippen LogP contribution in [0.3, 0.4) is 0 Å². The monoisotopic (exact) mass is 308 g/mol. The molecule has 0 aliphatic carbocycles. The number of hydrogen-bond donors (Lipinski definition) is 0. The molecule has 0 saturated heterocycles. The van der Waals surface area contributed by atoms with E-state index in [9.17, 15) is 4.79 Å². The van der Waals surface area contributed by atoms with Crippen LogP contribution in [0.15, 0.2) is 48.8 Å². The maximum atomic E-state index is 11.6. The van der Waals surface area contributed by atoms with Gasteiger partial charge in [-0.25, -0.2) is 14.5 Å². The van der Waals surface area contributed by atoms with Crippen LogP contribution in [0, 0.1) is 6.92 Å². The van der Waals surface area contributed by atoms with Gasteiger partial charge in [-0.15, -0.1) is 5.10 Å². The maximum Gasteiger partial charge on any atom is 0.339 e. The van der Waals surface area contributed by atoms with Gasteiger partial charge in [-0.3, -0.25) is 0 Å². The zero-order valence-corrected chi connectivity index (χ0v) is 12.9. The molecular formula is C17H16N4O2.